The van der Waals surface area contributed by atoms with Crippen LogP contribution in [0.1, 0.15) is 116 Å². The van der Waals surface area contributed by atoms with Gasteiger partial charge in [-0.3, -0.25) is 4.57 Å². The van der Waals surface area contributed by atoms with Gasteiger partial charge in [0.1, 0.15) is 6.54 Å². The first kappa shape index (κ1) is 32.5. The van der Waals surface area contributed by atoms with Gasteiger partial charge in [-0.1, -0.05) is 82.6 Å². The van der Waals surface area contributed by atoms with Crippen LogP contribution in [0.4, 0.5) is 0 Å². The predicted octanol–water partition coefficient (Wildman–Crippen LogP) is 7.32. The van der Waals surface area contributed by atoms with Crippen molar-refractivity contribution in [3.63, 3.8) is 0 Å². The van der Waals surface area contributed by atoms with Crippen LogP contribution < -0.4 is 0 Å². The molecule has 0 aliphatic heterocycles. The third-order valence-electron chi connectivity index (χ3n) is 6.02. The first-order valence-electron chi connectivity index (χ1n) is 13.4. The van der Waals surface area contributed by atoms with Crippen molar-refractivity contribution in [1.82, 2.24) is 0 Å². The second-order valence-corrected chi connectivity index (χ2v) is 12.6. The van der Waals surface area contributed by atoms with Gasteiger partial charge in [-0.15, -0.1) is 0 Å². The van der Waals surface area contributed by atoms with Gasteiger partial charge in [0.2, 0.25) is 5.34 Å². The molecule has 0 aliphatic carbocycles. The maximum Gasteiger partial charge on any atom is 0.362 e. The van der Waals surface area contributed by atoms with E-state index in [2.05, 4.69) is 31.2 Å². The Kier molecular flexibility index (Phi) is 18.6. The van der Waals surface area contributed by atoms with E-state index in [1.165, 1.54) is 83.5 Å². The lowest BCUT2D eigenvalue weighted by Gasteiger charge is -2.35. The Bertz CT molecular complexity index is 565. The highest BCUT2D eigenvalue weighted by Crippen LogP contribution is 2.52. The summed E-state index contributed by atoms with van der Waals surface area (Å²) in [6.07, 6.45) is 28.5. The highest BCUT2D eigenvalue weighted by Gasteiger charge is 2.48. The molecule has 0 aromatic rings. The molecule has 0 rings (SSSR count). The van der Waals surface area contributed by atoms with Crippen molar-refractivity contribution < 1.29 is 23.9 Å². The minimum atomic E-state index is -4.57. The van der Waals surface area contributed by atoms with Gasteiger partial charge in [-0.05, 0) is 57.8 Å². The molecule has 196 valence electrons. The fourth-order valence-electron chi connectivity index (χ4n) is 4.15. The third-order valence-corrected chi connectivity index (χ3v) is 7.47. The SMILES string of the molecule is CCCCCCC/C=C\CCCCCCCC/C=C\CCCC(O)(C[N+](C)(C)C)P(=O)(O)O. The van der Waals surface area contributed by atoms with Gasteiger partial charge in [-0.2, -0.15) is 0 Å². The van der Waals surface area contributed by atoms with Gasteiger partial charge in [0.05, 0.1) is 21.1 Å². The number of unbranched alkanes of at least 4 members (excludes halogenated alkanes) is 13. The average molecular weight is 489 g/mol. The summed E-state index contributed by atoms with van der Waals surface area (Å²) in [6.45, 7) is 2.30. The molecule has 0 fully saturated rings. The van der Waals surface area contributed by atoms with Crippen molar-refractivity contribution in [3.8, 4) is 0 Å². The number of hydrogen-bond donors (Lipinski definition) is 3. The summed E-state index contributed by atoms with van der Waals surface area (Å²) in [5.41, 5.74) is 0. The van der Waals surface area contributed by atoms with Crippen LogP contribution in [0.15, 0.2) is 24.3 Å². The second-order valence-electron chi connectivity index (χ2n) is 10.7. The Morgan fingerprint density at radius 3 is 1.39 bits per heavy atom. The molecule has 0 radical (unpaired) electrons. The van der Waals surface area contributed by atoms with E-state index in [1.54, 1.807) is 0 Å². The number of nitrogens with zero attached hydrogens (tertiary/aromatic N) is 1. The molecule has 0 bridgehead atoms. The fourth-order valence-corrected chi connectivity index (χ4v) is 5.21. The lowest BCUT2D eigenvalue weighted by Crippen LogP contribution is -2.49. The van der Waals surface area contributed by atoms with E-state index in [9.17, 15) is 19.5 Å². The summed E-state index contributed by atoms with van der Waals surface area (Å²) < 4.78 is 12.1. The largest absolute Gasteiger partial charge is 0.373 e. The summed E-state index contributed by atoms with van der Waals surface area (Å²) in [5, 5.41) is 8.59. The van der Waals surface area contributed by atoms with E-state index in [0.717, 1.165) is 12.8 Å². The topological polar surface area (TPSA) is 77.8 Å². The van der Waals surface area contributed by atoms with Crippen LogP contribution >= 0.6 is 7.60 Å². The normalized spacial score (nSPS) is 15.0. The molecule has 0 spiro atoms. The molecule has 0 saturated carbocycles. The lowest BCUT2D eigenvalue weighted by molar-refractivity contribution is -0.875. The van der Waals surface area contributed by atoms with Crippen molar-refractivity contribution in [1.29, 1.82) is 0 Å². The van der Waals surface area contributed by atoms with E-state index in [0.29, 0.717) is 10.9 Å². The smallest absolute Gasteiger partial charge is 0.362 e. The predicted molar refractivity (Wildman–Crippen MR) is 142 cm³/mol. The fraction of sp³-hybridized carbons (Fsp3) is 0.852. The first-order chi connectivity index (χ1) is 15.5. The highest BCUT2D eigenvalue weighted by molar-refractivity contribution is 7.53. The van der Waals surface area contributed by atoms with Gasteiger partial charge in [-0.25, -0.2) is 0 Å². The summed E-state index contributed by atoms with van der Waals surface area (Å²) in [6, 6.07) is 0. The van der Waals surface area contributed by atoms with E-state index >= 15 is 0 Å². The zero-order valence-electron chi connectivity index (χ0n) is 22.2. The molecule has 1 unspecified atom stereocenters. The van der Waals surface area contributed by atoms with Crippen molar-refractivity contribution in [3.05, 3.63) is 24.3 Å². The minimum Gasteiger partial charge on any atom is -0.373 e. The van der Waals surface area contributed by atoms with Crippen molar-refractivity contribution in [2.45, 2.75) is 121 Å². The molecule has 0 aromatic heterocycles. The summed E-state index contributed by atoms with van der Waals surface area (Å²) in [7, 11) is 0.918. The number of rotatable bonds is 22. The number of likely N-dealkylation sites (N-methyl/N-ethyl adjacent to an activating group) is 1. The standard InChI is InChI=1S/C27H54NO4P/c1-5-6-7-8-9-10-11-12-13-14-15-16-17-18-19-20-21-22-23-24-25-27(29,33(30,31)32)26-28(2,3)4/h11-12,21-22,29H,5-10,13-20,23-26H2,1-4H3,(H-,30,31,32)/p+1/b12-11-,22-21-. The monoisotopic (exact) mass is 488 g/mol. The maximum absolute atomic E-state index is 11.8. The average Bonchev–Trinajstić information content (AvgIpc) is 2.70. The molecule has 0 amide bonds. The quantitative estimate of drug-likeness (QED) is 0.0645. The molecular weight excluding hydrogens is 433 g/mol. The molecular formula is C27H55NO4P+. The molecule has 1 atom stereocenters. The van der Waals surface area contributed by atoms with E-state index in [4.69, 9.17) is 0 Å². The van der Waals surface area contributed by atoms with Crippen LogP contribution in [0.2, 0.25) is 0 Å². The Balaban J connectivity index is 3.66. The molecule has 5 nitrogen and oxygen atoms in total. The third kappa shape index (κ3) is 19.5. The van der Waals surface area contributed by atoms with E-state index < -0.39 is 12.9 Å². The molecule has 33 heavy (non-hydrogen) atoms. The van der Waals surface area contributed by atoms with Crippen molar-refractivity contribution in [2.75, 3.05) is 27.7 Å². The highest BCUT2D eigenvalue weighted by atomic mass is 31.2. The molecule has 6 heteroatoms. The van der Waals surface area contributed by atoms with Crippen LogP contribution in [0, 0.1) is 0 Å². The van der Waals surface area contributed by atoms with Crippen LogP contribution in [-0.4, -0.2) is 52.4 Å². The van der Waals surface area contributed by atoms with Crippen molar-refractivity contribution >= 4 is 7.60 Å². The van der Waals surface area contributed by atoms with Gasteiger partial charge in [0.25, 0.3) is 0 Å². The van der Waals surface area contributed by atoms with Gasteiger partial charge in [0.15, 0.2) is 0 Å². The Morgan fingerprint density at radius 2 is 1.03 bits per heavy atom. The summed E-state index contributed by atoms with van der Waals surface area (Å²) >= 11 is 0. The summed E-state index contributed by atoms with van der Waals surface area (Å²) in [5.74, 6) is 0. The number of hydrogen-bond acceptors (Lipinski definition) is 2. The molecule has 0 heterocycles. The minimum absolute atomic E-state index is 0.0381. The Labute approximate surface area is 205 Å². The van der Waals surface area contributed by atoms with Gasteiger partial charge >= 0.3 is 7.60 Å². The molecule has 0 aliphatic rings. The maximum atomic E-state index is 11.8. The second kappa shape index (κ2) is 18.8. The Hall–Kier alpha value is -0.450. The Morgan fingerprint density at radius 1 is 0.667 bits per heavy atom. The molecule has 3 N–H and O–H groups in total. The van der Waals surface area contributed by atoms with E-state index in [-0.39, 0.29) is 13.0 Å². The number of quaternary nitrogens is 1. The van der Waals surface area contributed by atoms with E-state index in [1.807, 2.05) is 21.1 Å². The van der Waals surface area contributed by atoms with Crippen molar-refractivity contribution in [2.24, 2.45) is 0 Å². The van der Waals surface area contributed by atoms with Gasteiger partial charge < -0.3 is 19.4 Å². The molecule has 0 aromatic carbocycles. The zero-order chi connectivity index (χ0) is 25.1. The van der Waals surface area contributed by atoms with Crippen LogP contribution in [-0.2, 0) is 4.57 Å². The van der Waals surface area contributed by atoms with Crippen LogP contribution in [0.5, 0.6) is 0 Å². The van der Waals surface area contributed by atoms with Crippen LogP contribution in [0.3, 0.4) is 0 Å². The number of allylic oxidation sites excluding steroid dienone is 4. The lowest BCUT2D eigenvalue weighted by atomic mass is 10.1. The first-order valence-corrected chi connectivity index (χ1v) is 15.0. The number of aliphatic hydroxyl groups is 1. The van der Waals surface area contributed by atoms with Crippen LogP contribution in [0.25, 0.3) is 0 Å². The molecule has 0 saturated heterocycles. The van der Waals surface area contributed by atoms with Gasteiger partial charge in [0, 0.05) is 0 Å². The summed E-state index contributed by atoms with van der Waals surface area (Å²) in [4.78, 5) is 19.2. The zero-order valence-corrected chi connectivity index (χ0v) is 23.1.